The van der Waals surface area contributed by atoms with Crippen LogP contribution in [0.2, 0.25) is 10.0 Å². The van der Waals surface area contributed by atoms with Crippen LogP contribution in [0, 0.1) is 0 Å². The summed E-state index contributed by atoms with van der Waals surface area (Å²) in [6.45, 7) is 4.29. The lowest BCUT2D eigenvalue weighted by Crippen LogP contribution is -2.43. The van der Waals surface area contributed by atoms with E-state index in [0.717, 1.165) is 7.11 Å². The van der Waals surface area contributed by atoms with Gasteiger partial charge in [-0.25, -0.2) is 9.55 Å². The molecule has 1 fully saturated rings. The summed E-state index contributed by atoms with van der Waals surface area (Å²) in [7, 11) is -3.24. The zero-order valence-corrected chi connectivity index (χ0v) is 25.7. The molecule has 3 heterocycles. The van der Waals surface area contributed by atoms with Crippen molar-refractivity contribution in [2.24, 2.45) is 5.11 Å². The van der Waals surface area contributed by atoms with Crippen LogP contribution >= 0.6 is 30.9 Å². The fourth-order valence-electron chi connectivity index (χ4n) is 4.30. The number of rotatable bonds is 12. The van der Waals surface area contributed by atoms with E-state index in [1.54, 1.807) is 6.92 Å². The maximum Gasteiger partial charge on any atom is 0.459 e. The molecule has 1 saturated heterocycles. The Hall–Kier alpha value is -3.40. The maximum atomic E-state index is 13.9. The number of ether oxygens (including phenoxy) is 3. The van der Waals surface area contributed by atoms with E-state index >= 15 is 0 Å². The number of methoxy groups -OCH3 is 1. The highest BCUT2D eigenvalue weighted by Crippen LogP contribution is 2.48. The number of aliphatic hydroxyl groups is 1. The van der Waals surface area contributed by atoms with Crippen molar-refractivity contribution in [2.45, 2.75) is 50.8 Å². The minimum Gasteiger partial charge on any atom is -0.476 e. The van der Waals surface area contributed by atoms with Crippen molar-refractivity contribution in [1.82, 2.24) is 24.6 Å². The average Bonchev–Trinajstić information content (AvgIpc) is 3.47. The number of nitrogen functional groups attached to an aromatic ring is 1. The number of nitrogens with one attached hydrogen (secondary N) is 1. The molecule has 232 valence electrons. The summed E-state index contributed by atoms with van der Waals surface area (Å²) in [5.41, 5.74) is 14.0. The molecule has 0 amide bonds. The van der Waals surface area contributed by atoms with Gasteiger partial charge in [0.15, 0.2) is 17.4 Å². The predicted molar refractivity (Wildman–Crippen MR) is 154 cm³/mol. The van der Waals surface area contributed by atoms with Crippen LogP contribution in [0.5, 0.6) is 11.6 Å². The molecular weight excluding hydrogens is 632 g/mol. The van der Waals surface area contributed by atoms with Crippen LogP contribution in [0.3, 0.4) is 0 Å². The molecule has 1 unspecified atom stereocenters. The number of hydrogen-bond acceptors (Lipinski definition) is 13. The smallest absolute Gasteiger partial charge is 0.459 e. The Morgan fingerprint density at radius 2 is 2.14 bits per heavy atom. The van der Waals surface area contributed by atoms with E-state index < -0.39 is 50.3 Å². The number of halogens is 2. The molecular formula is C23H28Cl2N9O8P. The average molecular weight is 660 g/mol. The largest absolute Gasteiger partial charge is 0.476 e. The van der Waals surface area contributed by atoms with Crippen LogP contribution < -0.4 is 20.1 Å². The highest BCUT2D eigenvalue weighted by atomic mass is 35.5. The molecule has 1 aromatic carbocycles. The van der Waals surface area contributed by atoms with Gasteiger partial charge in [-0.1, -0.05) is 28.3 Å². The molecule has 0 bridgehead atoms. The SMILES string of the molecule is CCOc1nc(N)nc2c1ncn2[C@@H]1O[C@H](COP(=O)(N[C@@H](C)C(=O)OC)Oc2ccc(Cl)c(Cl)c2)[C@@H](O)[C@@]1(C)N=[N+]=[N-]. The molecule has 4 N–H and O–H groups in total. The third-order valence-electron chi connectivity index (χ3n) is 6.39. The van der Waals surface area contributed by atoms with E-state index in [2.05, 4.69) is 30.1 Å². The summed E-state index contributed by atoms with van der Waals surface area (Å²) in [5, 5.41) is 17.9. The minimum absolute atomic E-state index is 0.000700. The summed E-state index contributed by atoms with van der Waals surface area (Å²) < 4.78 is 42.8. The van der Waals surface area contributed by atoms with Crippen molar-refractivity contribution in [2.75, 3.05) is 26.1 Å². The molecule has 17 nitrogen and oxygen atoms in total. The molecule has 0 radical (unpaired) electrons. The summed E-state index contributed by atoms with van der Waals surface area (Å²) >= 11 is 12.0. The predicted octanol–water partition coefficient (Wildman–Crippen LogP) is 3.80. The van der Waals surface area contributed by atoms with Crippen molar-refractivity contribution in [3.05, 3.63) is 45.0 Å². The van der Waals surface area contributed by atoms with Crippen LogP contribution in [0.15, 0.2) is 29.6 Å². The van der Waals surface area contributed by atoms with Crippen molar-refractivity contribution in [3.8, 4) is 11.6 Å². The lowest BCUT2D eigenvalue weighted by Gasteiger charge is -2.28. The van der Waals surface area contributed by atoms with Gasteiger partial charge in [0.05, 0.1) is 42.8 Å². The second-order valence-corrected chi connectivity index (χ2v) is 11.9. The second kappa shape index (κ2) is 13.1. The minimum atomic E-state index is -4.40. The summed E-state index contributed by atoms with van der Waals surface area (Å²) in [6.07, 6.45) is -2.61. The number of azide groups is 1. The Balaban J connectivity index is 1.65. The first-order valence-corrected chi connectivity index (χ1v) is 14.9. The fraction of sp³-hybridized carbons (Fsp3) is 0.478. The standard InChI is InChI=1S/C23H28Cl2N9O8P/c1-5-39-19-16-18(29-22(26)30-19)34(10-28-16)21-23(3,32-33-27)17(35)15(41-21)9-40-43(37,31-11(2)20(36)38-4)42-12-6-7-13(24)14(25)8-12/h6-8,10-11,15,17,21,35H,5,9H2,1-4H3,(H,31,37)(H2,26,29,30)/t11-,15+,17+,21+,23+,43?/m0/s1. The van der Waals surface area contributed by atoms with E-state index in [0.29, 0.717) is 0 Å². The molecule has 43 heavy (non-hydrogen) atoms. The van der Waals surface area contributed by atoms with Gasteiger partial charge >= 0.3 is 13.7 Å². The van der Waals surface area contributed by atoms with Crippen LogP contribution in [0.1, 0.15) is 27.0 Å². The number of aromatic nitrogens is 4. The lowest BCUT2D eigenvalue weighted by molar-refractivity contribution is -0.142. The van der Waals surface area contributed by atoms with Gasteiger partial charge in [-0.3, -0.25) is 13.9 Å². The molecule has 1 aliphatic heterocycles. The zero-order chi connectivity index (χ0) is 31.5. The third kappa shape index (κ3) is 6.74. The molecule has 20 heteroatoms. The Kier molecular flexibility index (Phi) is 9.89. The fourth-order valence-corrected chi connectivity index (χ4v) is 6.08. The number of aliphatic hydroxyl groups excluding tert-OH is 1. The molecule has 6 atom stereocenters. The van der Waals surface area contributed by atoms with Gasteiger partial charge in [-0.05, 0) is 38.4 Å². The molecule has 2 aromatic heterocycles. The molecule has 3 aromatic rings. The number of imidazole rings is 1. The number of hydrogen-bond donors (Lipinski definition) is 3. The maximum absolute atomic E-state index is 13.9. The van der Waals surface area contributed by atoms with Crippen molar-refractivity contribution in [1.29, 1.82) is 0 Å². The molecule has 4 rings (SSSR count). The molecule has 0 aliphatic carbocycles. The first-order chi connectivity index (χ1) is 20.4. The van der Waals surface area contributed by atoms with Crippen LogP contribution in [-0.2, 0) is 23.4 Å². The van der Waals surface area contributed by atoms with Gasteiger partial charge in [0.25, 0.3) is 0 Å². The third-order valence-corrected chi connectivity index (χ3v) is 8.77. The van der Waals surface area contributed by atoms with Gasteiger partial charge in [-0.15, -0.1) is 0 Å². The number of nitrogens with two attached hydrogens (primary N) is 1. The second-order valence-electron chi connectivity index (χ2n) is 9.37. The summed E-state index contributed by atoms with van der Waals surface area (Å²) in [6, 6.07) is 2.96. The Bertz CT molecular complexity index is 1610. The Morgan fingerprint density at radius 3 is 2.79 bits per heavy atom. The zero-order valence-electron chi connectivity index (χ0n) is 23.2. The number of esters is 1. The van der Waals surface area contributed by atoms with Gasteiger partial charge < -0.3 is 29.6 Å². The van der Waals surface area contributed by atoms with E-state index in [9.17, 15) is 20.0 Å². The van der Waals surface area contributed by atoms with E-state index in [4.69, 9.17) is 52.2 Å². The number of carbonyl (C=O) groups is 1. The first-order valence-electron chi connectivity index (χ1n) is 12.6. The number of carbonyl (C=O) groups excluding carboxylic acids is 1. The van der Waals surface area contributed by atoms with Crippen LogP contribution in [0.4, 0.5) is 5.95 Å². The van der Waals surface area contributed by atoms with Crippen LogP contribution in [-0.4, -0.2) is 74.7 Å². The van der Waals surface area contributed by atoms with Gasteiger partial charge in [0.2, 0.25) is 11.8 Å². The van der Waals surface area contributed by atoms with Gasteiger partial charge in [0, 0.05) is 11.0 Å². The highest BCUT2D eigenvalue weighted by molar-refractivity contribution is 7.52. The van der Waals surface area contributed by atoms with E-state index in [1.807, 2.05) is 0 Å². The van der Waals surface area contributed by atoms with Gasteiger partial charge in [-0.2, -0.15) is 15.1 Å². The quantitative estimate of drug-likeness (QED) is 0.0826. The van der Waals surface area contributed by atoms with Crippen molar-refractivity contribution >= 4 is 54.0 Å². The molecule has 0 spiro atoms. The van der Waals surface area contributed by atoms with Gasteiger partial charge in [0.1, 0.15) is 23.4 Å². The highest BCUT2D eigenvalue weighted by Gasteiger charge is 2.55. The van der Waals surface area contributed by atoms with E-state index in [1.165, 1.54) is 42.9 Å². The number of benzene rings is 1. The molecule has 0 saturated carbocycles. The first kappa shape index (κ1) is 32.5. The monoisotopic (exact) mass is 659 g/mol. The van der Waals surface area contributed by atoms with Crippen LogP contribution in [0.25, 0.3) is 21.6 Å². The van der Waals surface area contributed by atoms with Crippen molar-refractivity contribution < 1.29 is 37.7 Å². The number of anilines is 1. The Morgan fingerprint density at radius 1 is 1.40 bits per heavy atom. The number of nitrogens with zero attached hydrogens (tertiary/aromatic N) is 7. The summed E-state index contributed by atoms with van der Waals surface area (Å²) in [5.74, 6) is -0.750. The van der Waals surface area contributed by atoms with E-state index in [-0.39, 0.29) is 45.4 Å². The molecule has 1 aliphatic rings. The Labute approximate surface area is 254 Å². The number of fused-ring (bicyclic) bond motifs is 1. The topological polar surface area (TPSA) is 231 Å². The summed E-state index contributed by atoms with van der Waals surface area (Å²) in [4.78, 5) is 27.5. The normalized spacial score (nSPS) is 23.7. The van der Waals surface area contributed by atoms with Crippen molar-refractivity contribution in [3.63, 3.8) is 0 Å². The lowest BCUT2D eigenvalue weighted by atomic mass is 9.93.